The Bertz CT molecular complexity index is 912. The number of hydrogen-bond acceptors (Lipinski definition) is 6. The van der Waals surface area contributed by atoms with Crippen LogP contribution in [0.3, 0.4) is 0 Å². The van der Waals surface area contributed by atoms with Crippen molar-refractivity contribution in [3.8, 4) is 6.07 Å². The van der Waals surface area contributed by atoms with Crippen LogP contribution in [-0.4, -0.2) is 23.9 Å². The van der Waals surface area contributed by atoms with Gasteiger partial charge in [0.2, 0.25) is 0 Å². The Kier molecular flexibility index (Phi) is 4.51. The summed E-state index contributed by atoms with van der Waals surface area (Å²) in [6, 6.07) is 11.2. The highest BCUT2D eigenvalue weighted by Gasteiger charge is 2.18. The summed E-state index contributed by atoms with van der Waals surface area (Å²) in [7, 11) is 0. The third-order valence-electron chi connectivity index (χ3n) is 4.43. The van der Waals surface area contributed by atoms with Crippen LogP contribution in [0.1, 0.15) is 40.1 Å². The van der Waals surface area contributed by atoms with Crippen LogP contribution in [0, 0.1) is 11.3 Å². The second-order valence-electron chi connectivity index (χ2n) is 6.24. The Morgan fingerprint density at radius 2 is 1.92 bits per heavy atom. The molecule has 0 radical (unpaired) electrons. The summed E-state index contributed by atoms with van der Waals surface area (Å²) >= 11 is 3.24. The molecular weight excluding hydrogens is 350 g/mol. The van der Waals surface area contributed by atoms with Crippen LogP contribution in [0.2, 0.25) is 0 Å². The number of nitriles is 1. The van der Waals surface area contributed by atoms with E-state index in [1.807, 2.05) is 18.2 Å². The Morgan fingerprint density at radius 3 is 2.60 bits per heavy atom. The number of carbonyl (C=O) groups is 1. The minimum Gasteiger partial charge on any atom is -0.348 e. The van der Waals surface area contributed by atoms with Gasteiger partial charge in [-0.2, -0.15) is 5.26 Å². The van der Waals surface area contributed by atoms with Gasteiger partial charge in [-0.15, -0.1) is 11.3 Å². The number of thiophene rings is 1. The largest absolute Gasteiger partial charge is 0.348 e. The summed E-state index contributed by atoms with van der Waals surface area (Å²) in [5.41, 5.74) is 2.49. The van der Waals surface area contributed by atoms with Crippen molar-refractivity contribution in [3.63, 3.8) is 0 Å². The first kappa shape index (κ1) is 16.2. The van der Waals surface area contributed by atoms with Gasteiger partial charge in [-0.25, -0.2) is 4.98 Å². The van der Waals surface area contributed by atoms with Crippen LogP contribution < -0.4 is 4.90 Å². The zero-order chi connectivity index (χ0) is 17.2. The fraction of sp³-hybridized carbons (Fsp3) is 0.316. The lowest BCUT2D eigenvalue weighted by Crippen LogP contribution is -2.29. The molecule has 1 fully saturated rings. The maximum absolute atomic E-state index is 12.5. The SMILES string of the molecule is N#Cc1ccc(CC(=O)c2cc3nc(N4CCCCC4)sc3s2)cc1. The summed E-state index contributed by atoms with van der Waals surface area (Å²) in [5.74, 6) is 0.111. The van der Waals surface area contributed by atoms with Gasteiger partial charge in [0.15, 0.2) is 10.9 Å². The first-order valence-corrected chi connectivity index (χ1v) is 10.0. The van der Waals surface area contributed by atoms with E-state index in [1.54, 1.807) is 34.8 Å². The molecule has 3 aromatic rings. The van der Waals surface area contributed by atoms with E-state index in [0.717, 1.165) is 38.2 Å². The molecule has 0 atom stereocenters. The topological polar surface area (TPSA) is 57.0 Å². The summed E-state index contributed by atoms with van der Waals surface area (Å²) in [5, 5.41) is 9.93. The van der Waals surface area contributed by atoms with Crippen LogP contribution in [0.15, 0.2) is 30.3 Å². The van der Waals surface area contributed by atoms with Gasteiger partial charge in [0, 0.05) is 19.5 Å². The van der Waals surface area contributed by atoms with E-state index in [1.165, 1.54) is 19.3 Å². The van der Waals surface area contributed by atoms with Crippen molar-refractivity contribution >= 4 is 43.1 Å². The van der Waals surface area contributed by atoms with Crippen molar-refractivity contribution in [2.75, 3.05) is 18.0 Å². The second-order valence-corrected chi connectivity index (χ2v) is 8.52. The third-order valence-corrected chi connectivity index (χ3v) is 6.82. The Hall–Kier alpha value is -2.23. The number of piperidine rings is 1. The molecule has 0 amide bonds. The number of anilines is 1. The van der Waals surface area contributed by atoms with E-state index >= 15 is 0 Å². The molecule has 3 heterocycles. The molecule has 0 spiro atoms. The molecule has 0 unspecified atom stereocenters. The minimum absolute atomic E-state index is 0.111. The van der Waals surface area contributed by atoms with Gasteiger partial charge in [0.25, 0.3) is 0 Å². The number of benzene rings is 1. The number of ketones is 1. The molecule has 1 aliphatic heterocycles. The van der Waals surface area contributed by atoms with Gasteiger partial charge < -0.3 is 4.90 Å². The van der Waals surface area contributed by atoms with E-state index in [4.69, 9.17) is 10.2 Å². The normalized spacial score (nSPS) is 14.6. The summed E-state index contributed by atoms with van der Waals surface area (Å²) < 4.78 is 1.13. The predicted molar refractivity (Wildman–Crippen MR) is 103 cm³/mol. The van der Waals surface area contributed by atoms with Crippen molar-refractivity contribution in [2.45, 2.75) is 25.7 Å². The molecule has 2 aromatic heterocycles. The van der Waals surface area contributed by atoms with Gasteiger partial charge >= 0.3 is 0 Å². The van der Waals surface area contributed by atoms with E-state index in [0.29, 0.717) is 12.0 Å². The van der Waals surface area contributed by atoms with Gasteiger partial charge in [0.05, 0.1) is 22.0 Å². The molecule has 1 aromatic carbocycles. The van der Waals surface area contributed by atoms with Gasteiger partial charge in [-0.1, -0.05) is 23.5 Å². The van der Waals surface area contributed by atoms with Crippen LogP contribution in [0.5, 0.6) is 0 Å². The predicted octanol–water partition coefficient (Wildman–Crippen LogP) is 4.65. The highest BCUT2D eigenvalue weighted by Crippen LogP contribution is 2.36. The summed E-state index contributed by atoms with van der Waals surface area (Å²) in [6.45, 7) is 2.18. The zero-order valence-corrected chi connectivity index (χ0v) is 15.3. The maximum atomic E-state index is 12.5. The maximum Gasteiger partial charge on any atom is 0.187 e. The van der Waals surface area contributed by atoms with E-state index in [2.05, 4.69) is 11.0 Å². The molecule has 0 N–H and O–H groups in total. The lowest BCUT2D eigenvalue weighted by molar-refractivity contribution is 0.0997. The Balaban J connectivity index is 1.50. The number of fused-ring (bicyclic) bond motifs is 1. The van der Waals surface area contributed by atoms with Crippen molar-refractivity contribution < 1.29 is 4.79 Å². The standard InChI is InChI=1S/C19H17N3OS2/c20-12-14-6-4-13(5-7-14)10-16(23)17-11-15-18(24-17)25-19(21-15)22-8-2-1-3-9-22/h4-7,11H,1-3,8-10H2. The second kappa shape index (κ2) is 6.95. The van der Waals surface area contributed by atoms with Gasteiger partial charge in [0.1, 0.15) is 4.01 Å². The lowest BCUT2D eigenvalue weighted by atomic mass is 10.1. The average molecular weight is 367 g/mol. The zero-order valence-electron chi connectivity index (χ0n) is 13.7. The average Bonchev–Trinajstić information content (AvgIpc) is 3.22. The first-order chi connectivity index (χ1) is 12.2. The number of carbonyl (C=O) groups excluding carboxylic acids is 1. The highest BCUT2D eigenvalue weighted by molar-refractivity contribution is 7.40. The number of thiazole rings is 1. The monoisotopic (exact) mass is 367 g/mol. The molecule has 1 saturated heterocycles. The minimum atomic E-state index is 0.111. The van der Waals surface area contributed by atoms with Crippen LogP contribution in [0.4, 0.5) is 5.13 Å². The Morgan fingerprint density at radius 1 is 1.16 bits per heavy atom. The van der Waals surface area contributed by atoms with E-state index in [9.17, 15) is 4.79 Å². The van der Waals surface area contributed by atoms with E-state index in [-0.39, 0.29) is 5.78 Å². The van der Waals surface area contributed by atoms with Crippen LogP contribution >= 0.6 is 22.7 Å². The number of Topliss-reactive ketones (excluding diaryl/α,β-unsaturated/α-hetero) is 1. The summed E-state index contributed by atoms with van der Waals surface area (Å²) in [6.07, 6.45) is 4.14. The molecule has 4 rings (SSSR count). The fourth-order valence-electron chi connectivity index (χ4n) is 3.05. The molecule has 4 nitrogen and oxygen atoms in total. The van der Waals surface area contributed by atoms with Crippen molar-refractivity contribution in [1.29, 1.82) is 5.26 Å². The van der Waals surface area contributed by atoms with Crippen molar-refractivity contribution in [3.05, 3.63) is 46.3 Å². The quantitative estimate of drug-likeness (QED) is 0.630. The molecule has 0 bridgehead atoms. The third kappa shape index (κ3) is 3.44. The lowest BCUT2D eigenvalue weighted by Gasteiger charge is -2.25. The number of nitrogens with zero attached hydrogens (tertiary/aromatic N) is 3. The van der Waals surface area contributed by atoms with Gasteiger partial charge in [-0.05, 0) is 43.0 Å². The van der Waals surface area contributed by atoms with Crippen molar-refractivity contribution in [2.24, 2.45) is 0 Å². The van der Waals surface area contributed by atoms with Crippen molar-refractivity contribution in [1.82, 2.24) is 4.98 Å². The van der Waals surface area contributed by atoms with Crippen LogP contribution in [0.25, 0.3) is 9.53 Å². The smallest absolute Gasteiger partial charge is 0.187 e. The fourth-order valence-corrected chi connectivity index (χ4v) is 5.31. The first-order valence-electron chi connectivity index (χ1n) is 8.40. The number of rotatable bonds is 4. The molecule has 25 heavy (non-hydrogen) atoms. The van der Waals surface area contributed by atoms with Gasteiger partial charge in [-0.3, -0.25) is 4.79 Å². The summed E-state index contributed by atoms with van der Waals surface area (Å²) in [4.78, 5) is 20.4. The molecule has 0 saturated carbocycles. The number of aromatic nitrogens is 1. The molecular formula is C19H17N3OS2. The number of hydrogen-bond donors (Lipinski definition) is 0. The Labute approximate surface area is 154 Å². The molecule has 1 aliphatic rings. The van der Waals surface area contributed by atoms with Crippen LogP contribution in [-0.2, 0) is 6.42 Å². The molecule has 126 valence electrons. The molecule has 0 aliphatic carbocycles. The van der Waals surface area contributed by atoms with E-state index < -0.39 is 0 Å². The highest BCUT2D eigenvalue weighted by atomic mass is 32.2. The molecule has 6 heteroatoms.